The zero-order valence-corrected chi connectivity index (χ0v) is 9.99. The molecule has 0 saturated heterocycles. The maximum absolute atomic E-state index is 13.3. The van der Waals surface area contributed by atoms with Crippen LogP contribution >= 0.6 is 0 Å². The predicted octanol–water partition coefficient (Wildman–Crippen LogP) is 3.92. The molecule has 1 aliphatic carbocycles. The Labute approximate surface area is 106 Å². The molecule has 1 atom stereocenters. The fourth-order valence-electron chi connectivity index (χ4n) is 2.71. The second kappa shape index (κ2) is 4.37. The summed E-state index contributed by atoms with van der Waals surface area (Å²) >= 11 is 0. The zero-order valence-electron chi connectivity index (χ0n) is 9.99. The predicted molar refractivity (Wildman–Crippen MR) is 70.7 cm³/mol. The summed E-state index contributed by atoms with van der Waals surface area (Å²) in [4.78, 5) is 0. The van der Waals surface area contributed by atoms with E-state index < -0.39 is 0 Å². The standard InChI is InChI=1S/C16H14FN/c17-13-6-3-5-11(8-13)16-10-14(18)9-12-4-1-2-7-15(12)16/h1-8,16,18H,9-10H2. The van der Waals surface area contributed by atoms with Crippen molar-refractivity contribution in [2.75, 3.05) is 0 Å². The molecule has 0 aliphatic heterocycles. The molecule has 1 N–H and O–H groups in total. The maximum atomic E-state index is 13.3. The van der Waals surface area contributed by atoms with Gasteiger partial charge in [-0.3, -0.25) is 0 Å². The van der Waals surface area contributed by atoms with E-state index in [0.29, 0.717) is 6.42 Å². The highest BCUT2D eigenvalue weighted by atomic mass is 19.1. The molecule has 0 heterocycles. The second-order valence-electron chi connectivity index (χ2n) is 4.79. The summed E-state index contributed by atoms with van der Waals surface area (Å²) < 4.78 is 13.3. The van der Waals surface area contributed by atoms with Crippen LogP contribution < -0.4 is 0 Å². The fraction of sp³-hybridized carbons (Fsp3) is 0.188. The first-order valence-electron chi connectivity index (χ1n) is 6.13. The van der Waals surface area contributed by atoms with E-state index in [2.05, 4.69) is 12.1 Å². The molecule has 0 fully saturated rings. The Morgan fingerprint density at radius 3 is 2.72 bits per heavy atom. The van der Waals surface area contributed by atoms with Gasteiger partial charge in [-0.15, -0.1) is 0 Å². The van der Waals surface area contributed by atoms with Gasteiger partial charge in [0.2, 0.25) is 0 Å². The molecule has 0 radical (unpaired) electrons. The van der Waals surface area contributed by atoms with Crippen LogP contribution in [0.3, 0.4) is 0 Å². The summed E-state index contributed by atoms with van der Waals surface area (Å²) in [5.41, 5.74) is 4.12. The first kappa shape index (κ1) is 11.1. The number of hydrogen-bond acceptors (Lipinski definition) is 1. The Hall–Kier alpha value is -1.96. The number of benzene rings is 2. The average Bonchev–Trinajstić information content (AvgIpc) is 2.37. The van der Waals surface area contributed by atoms with Gasteiger partial charge in [-0.1, -0.05) is 36.4 Å². The minimum atomic E-state index is -0.206. The van der Waals surface area contributed by atoms with E-state index in [1.165, 1.54) is 17.2 Å². The number of nitrogens with one attached hydrogen (secondary N) is 1. The van der Waals surface area contributed by atoms with Crippen LogP contribution in [0.25, 0.3) is 0 Å². The number of fused-ring (bicyclic) bond motifs is 1. The van der Waals surface area contributed by atoms with Gasteiger partial charge in [-0.2, -0.15) is 0 Å². The van der Waals surface area contributed by atoms with Crippen molar-refractivity contribution in [3.8, 4) is 0 Å². The van der Waals surface area contributed by atoms with E-state index >= 15 is 0 Å². The Kier molecular flexibility index (Phi) is 2.71. The molecule has 2 heteroatoms. The first-order valence-corrected chi connectivity index (χ1v) is 6.13. The van der Waals surface area contributed by atoms with Crippen molar-refractivity contribution < 1.29 is 4.39 Å². The molecule has 18 heavy (non-hydrogen) atoms. The monoisotopic (exact) mass is 239 g/mol. The van der Waals surface area contributed by atoms with Crippen LogP contribution in [0.15, 0.2) is 48.5 Å². The highest BCUT2D eigenvalue weighted by Gasteiger charge is 2.24. The maximum Gasteiger partial charge on any atom is 0.123 e. The van der Waals surface area contributed by atoms with Crippen molar-refractivity contribution in [2.45, 2.75) is 18.8 Å². The first-order chi connectivity index (χ1) is 8.74. The molecule has 90 valence electrons. The van der Waals surface area contributed by atoms with Gasteiger partial charge in [-0.25, -0.2) is 4.39 Å². The van der Waals surface area contributed by atoms with E-state index in [0.717, 1.165) is 17.7 Å². The normalized spacial score (nSPS) is 18.5. The lowest BCUT2D eigenvalue weighted by atomic mass is 9.78. The topological polar surface area (TPSA) is 23.9 Å². The van der Waals surface area contributed by atoms with Gasteiger partial charge in [0, 0.05) is 18.1 Å². The quantitative estimate of drug-likeness (QED) is 0.779. The van der Waals surface area contributed by atoms with Gasteiger partial charge < -0.3 is 5.41 Å². The summed E-state index contributed by atoms with van der Waals surface area (Å²) in [6.45, 7) is 0. The van der Waals surface area contributed by atoms with Crippen LogP contribution in [0, 0.1) is 11.2 Å². The highest BCUT2D eigenvalue weighted by Crippen LogP contribution is 2.35. The molecule has 1 unspecified atom stereocenters. The number of halogens is 1. The summed E-state index contributed by atoms with van der Waals surface area (Å²) in [6.07, 6.45) is 1.42. The summed E-state index contributed by atoms with van der Waals surface area (Å²) in [5.74, 6) is -0.0831. The molecule has 1 aliphatic rings. The van der Waals surface area contributed by atoms with E-state index in [4.69, 9.17) is 5.41 Å². The molecule has 0 bridgehead atoms. The smallest absolute Gasteiger partial charge is 0.123 e. The van der Waals surface area contributed by atoms with E-state index in [-0.39, 0.29) is 11.7 Å². The molecule has 2 aromatic carbocycles. The van der Waals surface area contributed by atoms with Gasteiger partial charge in [0.1, 0.15) is 5.82 Å². The Bertz CT molecular complexity index is 604. The average molecular weight is 239 g/mol. The number of hydrogen-bond donors (Lipinski definition) is 1. The summed E-state index contributed by atoms with van der Waals surface area (Å²) in [5, 5.41) is 7.96. The molecule has 1 nitrogen and oxygen atoms in total. The minimum absolute atomic E-state index is 0.123. The van der Waals surface area contributed by atoms with Crippen LogP contribution in [0.4, 0.5) is 4.39 Å². The number of rotatable bonds is 1. The second-order valence-corrected chi connectivity index (χ2v) is 4.79. The molecule has 3 rings (SSSR count). The molecule has 0 aromatic heterocycles. The largest absolute Gasteiger partial charge is 0.309 e. The van der Waals surface area contributed by atoms with Gasteiger partial charge >= 0.3 is 0 Å². The fourth-order valence-corrected chi connectivity index (χ4v) is 2.71. The Morgan fingerprint density at radius 1 is 1.06 bits per heavy atom. The third kappa shape index (κ3) is 1.94. The van der Waals surface area contributed by atoms with Crippen molar-refractivity contribution in [3.05, 3.63) is 71.0 Å². The van der Waals surface area contributed by atoms with Crippen molar-refractivity contribution in [2.24, 2.45) is 0 Å². The van der Waals surface area contributed by atoms with Crippen LogP contribution in [0.2, 0.25) is 0 Å². The van der Waals surface area contributed by atoms with Crippen molar-refractivity contribution >= 4 is 5.71 Å². The Balaban J connectivity index is 2.10. The molecule has 0 spiro atoms. The zero-order chi connectivity index (χ0) is 12.5. The minimum Gasteiger partial charge on any atom is -0.309 e. The van der Waals surface area contributed by atoms with Gasteiger partial charge in [0.05, 0.1) is 0 Å². The lowest BCUT2D eigenvalue weighted by molar-refractivity contribution is 0.623. The molecule has 0 amide bonds. The van der Waals surface area contributed by atoms with Crippen molar-refractivity contribution in [3.63, 3.8) is 0 Å². The lowest BCUT2D eigenvalue weighted by Crippen LogP contribution is -2.18. The van der Waals surface area contributed by atoms with Gasteiger partial charge in [-0.05, 0) is 35.2 Å². The van der Waals surface area contributed by atoms with Gasteiger partial charge in [0.25, 0.3) is 0 Å². The van der Waals surface area contributed by atoms with Crippen LogP contribution in [-0.4, -0.2) is 5.71 Å². The third-order valence-electron chi connectivity index (χ3n) is 3.54. The van der Waals surface area contributed by atoms with Crippen molar-refractivity contribution in [1.82, 2.24) is 0 Å². The van der Waals surface area contributed by atoms with Crippen molar-refractivity contribution in [1.29, 1.82) is 5.41 Å². The molecule has 2 aromatic rings. The van der Waals surface area contributed by atoms with Crippen LogP contribution in [0.5, 0.6) is 0 Å². The van der Waals surface area contributed by atoms with Crippen LogP contribution in [0.1, 0.15) is 29.0 Å². The molecule has 0 saturated carbocycles. The van der Waals surface area contributed by atoms with E-state index in [1.807, 2.05) is 18.2 Å². The summed E-state index contributed by atoms with van der Waals surface area (Å²) in [6, 6.07) is 14.9. The van der Waals surface area contributed by atoms with E-state index in [9.17, 15) is 4.39 Å². The highest BCUT2D eigenvalue weighted by molar-refractivity contribution is 5.87. The summed E-state index contributed by atoms with van der Waals surface area (Å²) in [7, 11) is 0. The SMILES string of the molecule is N=C1Cc2ccccc2C(c2cccc(F)c2)C1. The van der Waals surface area contributed by atoms with E-state index in [1.54, 1.807) is 12.1 Å². The molecular formula is C16H14FN. The molecular weight excluding hydrogens is 225 g/mol. The van der Waals surface area contributed by atoms with Crippen LogP contribution in [-0.2, 0) is 6.42 Å². The third-order valence-corrected chi connectivity index (χ3v) is 3.54. The lowest BCUT2D eigenvalue weighted by Gasteiger charge is -2.26. The Morgan fingerprint density at radius 2 is 1.89 bits per heavy atom. The van der Waals surface area contributed by atoms with Gasteiger partial charge in [0.15, 0.2) is 0 Å².